The predicted molar refractivity (Wildman–Crippen MR) is 264 cm³/mol. The van der Waals surface area contributed by atoms with Crippen molar-refractivity contribution in [3.05, 3.63) is 243 Å². The van der Waals surface area contributed by atoms with Gasteiger partial charge in [0.15, 0.2) is 0 Å². The molecule has 10 aromatic carbocycles. The van der Waals surface area contributed by atoms with E-state index in [0.29, 0.717) is 0 Å². The smallest absolute Gasteiger partial charge is 0.136 e. The monoisotopic (exact) mass is 804 g/mol. The van der Waals surface area contributed by atoms with Gasteiger partial charge in [-0.25, -0.2) is 0 Å². The molecule has 0 spiro atoms. The van der Waals surface area contributed by atoms with Crippen molar-refractivity contribution in [2.45, 2.75) is 0 Å². The Balaban J connectivity index is 0.889. The first kappa shape index (κ1) is 36.5. The lowest BCUT2D eigenvalue weighted by Crippen LogP contribution is -2.10. The molecule has 3 nitrogen and oxygen atoms in total. The lowest BCUT2D eigenvalue weighted by atomic mass is 9.98. The second-order valence-electron chi connectivity index (χ2n) is 16.2. The van der Waals surface area contributed by atoms with Crippen LogP contribution >= 0.6 is 0 Å². The largest absolute Gasteiger partial charge is 0.456 e. The van der Waals surface area contributed by atoms with Crippen LogP contribution < -0.4 is 4.90 Å². The second kappa shape index (κ2) is 15.3. The maximum absolute atomic E-state index is 6.30. The van der Waals surface area contributed by atoms with Gasteiger partial charge in [-0.05, 0) is 129 Å². The third-order valence-corrected chi connectivity index (χ3v) is 12.4. The zero-order valence-corrected chi connectivity index (χ0v) is 34.4. The summed E-state index contributed by atoms with van der Waals surface area (Å²) < 4.78 is 8.67. The van der Waals surface area contributed by atoms with Crippen LogP contribution in [0.5, 0.6) is 0 Å². The van der Waals surface area contributed by atoms with Crippen LogP contribution in [0, 0.1) is 0 Å². The molecule has 12 rings (SSSR count). The molecule has 0 atom stereocenters. The average molecular weight is 805 g/mol. The van der Waals surface area contributed by atoms with Crippen molar-refractivity contribution in [3.8, 4) is 50.2 Å². The molecule has 0 amide bonds. The SMILES string of the molecule is c1ccc(-c2cccc(N(c3ccc(-c4cccc(-c5ccc(-n6c7ccccc7c7ccccc76)cc5)c4)cc3)c3cccc(-c4ccc5c(c4)oc4ccccc45)c3)c2)cc1. The van der Waals surface area contributed by atoms with Crippen LogP contribution in [-0.2, 0) is 0 Å². The van der Waals surface area contributed by atoms with Crippen LogP contribution in [0.4, 0.5) is 17.1 Å². The number of nitrogens with zero attached hydrogens (tertiary/aromatic N) is 2. The van der Waals surface area contributed by atoms with Gasteiger partial charge in [0.05, 0.1) is 11.0 Å². The number of fused-ring (bicyclic) bond motifs is 6. The van der Waals surface area contributed by atoms with Crippen LogP contribution in [0.1, 0.15) is 0 Å². The van der Waals surface area contributed by atoms with E-state index in [1.165, 1.54) is 49.6 Å². The first-order chi connectivity index (χ1) is 31.2. The van der Waals surface area contributed by atoms with E-state index in [4.69, 9.17) is 4.42 Å². The van der Waals surface area contributed by atoms with E-state index in [1.54, 1.807) is 0 Å². The number of furan rings is 1. The molecule has 0 aliphatic carbocycles. The molecule has 0 unspecified atom stereocenters. The molecular formula is C60H40N2O. The van der Waals surface area contributed by atoms with Gasteiger partial charge in [-0.2, -0.15) is 0 Å². The first-order valence-corrected chi connectivity index (χ1v) is 21.5. The highest BCUT2D eigenvalue weighted by molar-refractivity contribution is 6.09. The van der Waals surface area contributed by atoms with Crippen LogP contribution in [-0.4, -0.2) is 4.57 Å². The lowest BCUT2D eigenvalue weighted by Gasteiger charge is -2.27. The molecule has 0 bridgehead atoms. The molecule has 0 fully saturated rings. The van der Waals surface area contributed by atoms with E-state index >= 15 is 0 Å². The lowest BCUT2D eigenvalue weighted by molar-refractivity contribution is 0.669. The zero-order valence-electron chi connectivity index (χ0n) is 34.4. The Kier molecular flexibility index (Phi) is 8.83. The fourth-order valence-electron chi connectivity index (χ4n) is 9.32. The minimum atomic E-state index is 0.891. The minimum absolute atomic E-state index is 0.891. The van der Waals surface area contributed by atoms with E-state index in [0.717, 1.165) is 61.4 Å². The number of aromatic nitrogens is 1. The van der Waals surface area contributed by atoms with Crippen molar-refractivity contribution < 1.29 is 4.42 Å². The zero-order chi connectivity index (χ0) is 41.7. The fourth-order valence-corrected chi connectivity index (χ4v) is 9.32. The summed E-state index contributed by atoms with van der Waals surface area (Å²) in [7, 11) is 0. The molecular weight excluding hydrogens is 765 g/mol. The summed E-state index contributed by atoms with van der Waals surface area (Å²) in [6.07, 6.45) is 0. The van der Waals surface area contributed by atoms with Crippen molar-refractivity contribution in [2.24, 2.45) is 0 Å². The fraction of sp³-hybridized carbons (Fsp3) is 0. The molecule has 2 aromatic heterocycles. The molecule has 296 valence electrons. The molecule has 3 heteroatoms. The number of para-hydroxylation sites is 3. The number of rotatable bonds is 8. The van der Waals surface area contributed by atoms with E-state index in [-0.39, 0.29) is 0 Å². The third kappa shape index (κ3) is 6.55. The summed E-state index contributed by atoms with van der Waals surface area (Å²) in [5.41, 5.74) is 17.9. The third-order valence-electron chi connectivity index (χ3n) is 12.4. The molecule has 0 N–H and O–H groups in total. The second-order valence-corrected chi connectivity index (χ2v) is 16.2. The molecule has 2 heterocycles. The van der Waals surface area contributed by atoms with Gasteiger partial charge in [0.2, 0.25) is 0 Å². The van der Waals surface area contributed by atoms with Gasteiger partial charge in [-0.3, -0.25) is 0 Å². The summed E-state index contributed by atoms with van der Waals surface area (Å²) in [5.74, 6) is 0. The molecule has 12 aromatic rings. The maximum atomic E-state index is 6.30. The molecule has 63 heavy (non-hydrogen) atoms. The van der Waals surface area contributed by atoms with E-state index in [9.17, 15) is 0 Å². The normalized spacial score (nSPS) is 11.5. The highest BCUT2D eigenvalue weighted by atomic mass is 16.3. The summed E-state index contributed by atoms with van der Waals surface area (Å²) in [5, 5.41) is 4.80. The van der Waals surface area contributed by atoms with Gasteiger partial charge < -0.3 is 13.9 Å². The van der Waals surface area contributed by atoms with Gasteiger partial charge in [0, 0.05) is 44.3 Å². The van der Waals surface area contributed by atoms with Crippen LogP contribution in [0.3, 0.4) is 0 Å². The molecule has 0 aliphatic rings. The van der Waals surface area contributed by atoms with E-state index in [1.807, 2.05) is 12.1 Å². The van der Waals surface area contributed by atoms with Crippen molar-refractivity contribution >= 4 is 60.8 Å². The quantitative estimate of drug-likeness (QED) is 0.153. The van der Waals surface area contributed by atoms with Crippen LogP contribution in [0.25, 0.3) is 93.9 Å². The van der Waals surface area contributed by atoms with E-state index in [2.05, 4.69) is 240 Å². The molecule has 0 saturated heterocycles. The number of hydrogen-bond acceptors (Lipinski definition) is 2. The predicted octanol–water partition coefficient (Wildman–Crippen LogP) is 16.8. The van der Waals surface area contributed by atoms with Gasteiger partial charge in [0.1, 0.15) is 11.2 Å². The van der Waals surface area contributed by atoms with Crippen molar-refractivity contribution in [2.75, 3.05) is 4.90 Å². The Morgan fingerprint density at radius 1 is 0.270 bits per heavy atom. The average Bonchev–Trinajstić information content (AvgIpc) is 3.90. The number of hydrogen-bond donors (Lipinski definition) is 0. The topological polar surface area (TPSA) is 21.3 Å². The summed E-state index contributed by atoms with van der Waals surface area (Å²) in [4.78, 5) is 2.36. The Hall–Kier alpha value is -8.40. The Morgan fingerprint density at radius 3 is 1.37 bits per heavy atom. The van der Waals surface area contributed by atoms with Gasteiger partial charge in [0.25, 0.3) is 0 Å². The molecule has 0 aliphatic heterocycles. The number of benzene rings is 10. The molecule has 0 saturated carbocycles. The van der Waals surface area contributed by atoms with Crippen molar-refractivity contribution in [3.63, 3.8) is 0 Å². The summed E-state index contributed by atoms with van der Waals surface area (Å²) in [6.45, 7) is 0. The Bertz CT molecular complexity index is 3560. The first-order valence-electron chi connectivity index (χ1n) is 21.5. The maximum Gasteiger partial charge on any atom is 0.136 e. The Morgan fingerprint density at radius 2 is 0.714 bits per heavy atom. The highest BCUT2D eigenvalue weighted by Crippen LogP contribution is 2.41. The minimum Gasteiger partial charge on any atom is -0.456 e. The van der Waals surface area contributed by atoms with Gasteiger partial charge >= 0.3 is 0 Å². The van der Waals surface area contributed by atoms with Crippen molar-refractivity contribution in [1.29, 1.82) is 0 Å². The number of anilines is 3. The van der Waals surface area contributed by atoms with Crippen LogP contribution in [0.2, 0.25) is 0 Å². The van der Waals surface area contributed by atoms with Gasteiger partial charge in [-0.15, -0.1) is 0 Å². The highest BCUT2D eigenvalue weighted by Gasteiger charge is 2.17. The standard InChI is InChI=1S/C60H40N2O/c1-2-13-41(14-3-1)46-17-11-19-51(38-46)61(52-20-12-18-47(39-52)48-31-36-56-55-23-6-9-26-59(55)63-60(56)40-48)49-32-27-42(28-33-49)44-15-10-16-45(37-44)43-29-34-50(35-30-43)62-57-24-7-4-21-53(57)54-22-5-8-25-58(54)62/h1-40H. The summed E-state index contributed by atoms with van der Waals surface area (Å²) in [6, 6.07) is 87.1. The summed E-state index contributed by atoms with van der Waals surface area (Å²) >= 11 is 0. The van der Waals surface area contributed by atoms with E-state index < -0.39 is 0 Å². The Labute approximate surface area is 366 Å². The van der Waals surface area contributed by atoms with Gasteiger partial charge in [-0.1, -0.05) is 158 Å². The molecule has 0 radical (unpaired) electrons. The van der Waals surface area contributed by atoms with Crippen LogP contribution in [0.15, 0.2) is 247 Å². The van der Waals surface area contributed by atoms with Crippen molar-refractivity contribution in [1.82, 2.24) is 4.57 Å².